The molecular formula is C21H18N2O2. The van der Waals surface area contributed by atoms with Crippen molar-refractivity contribution in [3.05, 3.63) is 83.9 Å². The molecule has 0 radical (unpaired) electrons. The first-order chi connectivity index (χ1) is 12.2. The molecule has 4 nitrogen and oxygen atoms in total. The number of carbonyl (C=O) groups is 1. The average molecular weight is 330 g/mol. The van der Waals surface area contributed by atoms with Crippen molar-refractivity contribution in [3.8, 4) is 11.1 Å². The molecule has 25 heavy (non-hydrogen) atoms. The van der Waals surface area contributed by atoms with Crippen molar-refractivity contribution >= 4 is 17.3 Å². The van der Waals surface area contributed by atoms with Crippen LogP contribution in [0.15, 0.2) is 83.0 Å². The van der Waals surface area contributed by atoms with Crippen molar-refractivity contribution in [2.24, 2.45) is 10.2 Å². The zero-order chi connectivity index (χ0) is 17.6. The molecule has 3 aromatic carbocycles. The van der Waals surface area contributed by atoms with Crippen molar-refractivity contribution in [1.82, 2.24) is 0 Å². The van der Waals surface area contributed by atoms with E-state index in [0.29, 0.717) is 5.56 Å². The molecule has 0 aliphatic rings. The van der Waals surface area contributed by atoms with Gasteiger partial charge in [-0.15, -0.1) is 5.11 Å². The minimum Gasteiger partial charge on any atom is -0.465 e. The molecule has 0 atom stereocenters. The average Bonchev–Trinajstić information content (AvgIpc) is 2.67. The van der Waals surface area contributed by atoms with Crippen LogP contribution < -0.4 is 0 Å². The second-order valence-corrected chi connectivity index (χ2v) is 5.57. The van der Waals surface area contributed by atoms with Crippen LogP contribution in [0.5, 0.6) is 0 Å². The van der Waals surface area contributed by atoms with Gasteiger partial charge in [0.1, 0.15) is 0 Å². The fourth-order valence-electron chi connectivity index (χ4n) is 2.49. The first-order valence-electron chi connectivity index (χ1n) is 7.94. The number of azo groups is 1. The summed E-state index contributed by atoms with van der Waals surface area (Å²) in [6.45, 7) is 2.01. The first-order valence-corrected chi connectivity index (χ1v) is 7.94. The lowest BCUT2D eigenvalue weighted by Gasteiger charge is -2.06. The molecule has 0 heterocycles. The molecule has 3 rings (SSSR count). The lowest BCUT2D eigenvalue weighted by Crippen LogP contribution is -2.00. The highest BCUT2D eigenvalue weighted by Gasteiger charge is 2.08. The summed E-state index contributed by atoms with van der Waals surface area (Å²) < 4.78 is 4.73. The Kier molecular flexibility index (Phi) is 5.00. The van der Waals surface area contributed by atoms with Crippen LogP contribution in [0.2, 0.25) is 0 Å². The Balaban J connectivity index is 1.94. The molecule has 0 bridgehead atoms. The molecular weight excluding hydrogens is 312 g/mol. The normalized spacial score (nSPS) is 10.8. The first kappa shape index (κ1) is 16.6. The van der Waals surface area contributed by atoms with Gasteiger partial charge in [0, 0.05) is 5.56 Å². The number of hydrogen-bond donors (Lipinski definition) is 0. The highest BCUT2D eigenvalue weighted by Crippen LogP contribution is 2.32. The Morgan fingerprint density at radius 2 is 1.40 bits per heavy atom. The minimum atomic E-state index is -0.348. The monoisotopic (exact) mass is 330 g/mol. The quantitative estimate of drug-likeness (QED) is 0.444. The van der Waals surface area contributed by atoms with Crippen LogP contribution in [0.1, 0.15) is 15.9 Å². The van der Waals surface area contributed by atoms with Crippen molar-refractivity contribution in [2.45, 2.75) is 6.92 Å². The van der Waals surface area contributed by atoms with E-state index in [-0.39, 0.29) is 5.97 Å². The minimum absolute atomic E-state index is 0.348. The zero-order valence-electron chi connectivity index (χ0n) is 14.1. The molecule has 0 N–H and O–H groups in total. The Bertz CT molecular complexity index is 915. The van der Waals surface area contributed by atoms with Crippen LogP contribution in [0.3, 0.4) is 0 Å². The summed E-state index contributed by atoms with van der Waals surface area (Å²) in [6.07, 6.45) is 0. The molecule has 0 unspecified atom stereocenters. The van der Waals surface area contributed by atoms with E-state index in [9.17, 15) is 4.79 Å². The standard InChI is InChI=1S/C21H18N2O2/c1-15-7-3-5-9-19(15)22-23-20-10-6-4-8-18(20)16-11-13-17(14-12-16)21(24)25-2/h3-14H,1-2H3/b23-22+. The van der Waals surface area contributed by atoms with Gasteiger partial charge in [-0.2, -0.15) is 5.11 Å². The maximum Gasteiger partial charge on any atom is 0.337 e. The van der Waals surface area contributed by atoms with Crippen molar-refractivity contribution in [2.75, 3.05) is 7.11 Å². The summed E-state index contributed by atoms with van der Waals surface area (Å²) in [4.78, 5) is 11.6. The van der Waals surface area contributed by atoms with Crippen molar-refractivity contribution in [3.63, 3.8) is 0 Å². The van der Waals surface area contributed by atoms with Gasteiger partial charge in [0.2, 0.25) is 0 Å². The van der Waals surface area contributed by atoms with Gasteiger partial charge >= 0.3 is 5.97 Å². The lowest BCUT2D eigenvalue weighted by atomic mass is 10.0. The van der Waals surface area contributed by atoms with Crippen molar-refractivity contribution in [1.29, 1.82) is 0 Å². The molecule has 0 aromatic heterocycles. The Morgan fingerprint density at radius 3 is 2.08 bits per heavy atom. The summed E-state index contributed by atoms with van der Waals surface area (Å²) in [6, 6.07) is 22.9. The predicted octanol–water partition coefficient (Wildman–Crippen LogP) is 5.86. The number of ether oxygens (including phenoxy) is 1. The van der Waals surface area contributed by atoms with E-state index in [0.717, 1.165) is 28.1 Å². The number of aryl methyl sites for hydroxylation is 1. The molecule has 0 aliphatic heterocycles. The third-order valence-electron chi connectivity index (χ3n) is 3.90. The summed E-state index contributed by atoms with van der Waals surface area (Å²) in [5.74, 6) is -0.348. The van der Waals surface area contributed by atoms with Gasteiger partial charge in [-0.25, -0.2) is 4.79 Å². The smallest absolute Gasteiger partial charge is 0.337 e. The van der Waals surface area contributed by atoms with Crippen LogP contribution in [-0.2, 0) is 4.74 Å². The number of methoxy groups -OCH3 is 1. The third-order valence-corrected chi connectivity index (χ3v) is 3.90. The van der Waals surface area contributed by atoms with Gasteiger partial charge in [-0.1, -0.05) is 48.5 Å². The van der Waals surface area contributed by atoms with E-state index in [1.54, 1.807) is 12.1 Å². The predicted molar refractivity (Wildman–Crippen MR) is 98.6 cm³/mol. The number of carbonyl (C=O) groups excluding carboxylic acids is 1. The fourth-order valence-corrected chi connectivity index (χ4v) is 2.49. The van der Waals surface area contributed by atoms with Gasteiger partial charge in [-0.3, -0.25) is 0 Å². The van der Waals surface area contributed by atoms with Gasteiger partial charge < -0.3 is 4.74 Å². The molecule has 3 aromatic rings. The van der Waals surface area contributed by atoms with Gasteiger partial charge in [0.25, 0.3) is 0 Å². The fraction of sp³-hybridized carbons (Fsp3) is 0.0952. The van der Waals surface area contributed by atoms with Crippen LogP contribution in [0.25, 0.3) is 11.1 Å². The number of esters is 1. The topological polar surface area (TPSA) is 51.0 Å². The second-order valence-electron chi connectivity index (χ2n) is 5.57. The zero-order valence-corrected chi connectivity index (χ0v) is 14.1. The molecule has 0 amide bonds. The number of benzene rings is 3. The highest BCUT2D eigenvalue weighted by atomic mass is 16.5. The summed E-state index contributed by atoms with van der Waals surface area (Å²) >= 11 is 0. The van der Waals surface area contributed by atoms with Gasteiger partial charge in [-0.05, 0) is 42.3 Å². The Hall–Kier alpha value is -3.27. The molecule has 0 aliphatic carbocycles. The van der Waals surface area contributed by atoms with E-state index in [2.05, 4.69) is 10.2 Å². The van der Waals surface area contributed by atoms with Crippen LogP contribution in [0.4, 0.5) is 11.4 Å². The van der Waals surface area contributed by atoms with E-state index < -0.39 is 0 Å². The lowest BCUT2D eigenvalue weighted by molar-refractivity contribution is 0.0601. The van der Waals surface area contributed by atoms with Crippen LogP contribution in [-0.4, -0.2) is 13.1 Å². The Labute approximate surface area is 146 Å². The summed E-state index contributed by atoms with van der Waals surface area (Å²) in [5.41, 5.74) is 5.13. The largest absolute Gasteiger partial charge is 0.465 e. The third kappa shape index (κ3) is 3.80. The van der Waals surface area contributed by atoms with E-state index in [4.69, 9.17) is 4.74 Å². The van der Waals surface area contributed by atoms with Crippen LogP contribution >= 0.6 is 0 Å². The van der Waals surface area contributed by atoms with Gasteiger partial charge in [0.05, 0.1) is 24.0 Å². The maximum absolute atomic E-state index is 11.6. The van der Waals surface area contributed by atoms with Gasteiger partial charge in [0.15, 0.2) is 0 Å². The maximum atomic E-state index is 11.6. The highest BCUT2D eigenvalue weighted by molar-refractivity contribution is 5.90. The van der Waals surface area contributed by atoms with Crippen LogP contribution in [0, 0.1) is 6.92 Å². The molecule has 0 saturated heterocycles. The summed E-state index contributed by atoms with van der Waals surface area (Å²) in [5, 5.41) is 8.79. The number of rotatable bonds is 4. The number of nitrogens with zero attached hydrogens (tertiary/aromatic N) is 2. The van der Waals surface area contributed by atoms with E-state index in [1.807, 2.05) is 67.6 Å². The molecule has 4 heteroatoms. The van der Waals surface area contributed by atoms with E-state index >= 15 is 0 Å². The molecule has 124 valence electrons. The SMILES string of the molecule is COC(=O)c1ccc(-c2ccccc2/N=N/c2ccccc2C)cc1. The van der Waals surface area contributed by atoms with Crippen molar-refractivity contribution < 1.29 is 9.53 Å². The van der Waals surface area contributed by atoms with E-state index in [1.165, 1.54) is 7.11 Å². The molecule has 0 spiro atoms. The second kappa shape index (κ2) is 7.53. The number of hydrogen-bond acceptors (Lipinski definition) is 4. The molecule has 0 fully saturated rings. The summed E-state index contributed by atoms with van der Waals surface area (Å²) in [7, 11) is 1.37. The Morgan fingerprint density at radius 1 is 0.800 bits per heavy atom. The molecule has 0 saturated carbocycles.